The molecule has 0 fully saturated rings. The molecule has 0 amide bonds. The maximum Gasteiger partial charge on any atom is 0.312 e. The first-order chi connectivity index (χ1) is 9.49. The molecule has 0 aliphatic heterocycles. The fourth-order valence-corrected chi connectivity index (χ4v) is 2.07. The average molecular weight is 294 g/mol. The van der Waals surface area contributed by atoms with E-state index in [0.29, 0.717) is 11.3 Å². The van der Waals surface area contributed by atoms with Crippen molar-refractivity contribution in [2.45, 2.75) is 52.7 Å². The Morgan fingerprint density at radius 2 is 1.81 bits per heavy atom. The topological polar surface area (TPSA) is 55.8 Å². The first kappa shape index (κ1) is 17.5. The minimum absolute atomic E-state index is 0.434. The van der Waals surface area contributed by atoms with Gasteiger partial charge in [0, 0.05) is 5.56 Å². The van der Waals surface area contributed by atoms with E-state index in [1.165, 1.54) is 0 Å². The number of aryl methyl sites for hydroxylation is 1. The molecule has 0 saturated heterocycles. The third kappa shape index (κ3) is 4.21. The van der Waals surface area contributed by atoms with Crippen molar-refractivity contribution in [1.82, 2.24) is 0 Å². The Balaban J connectivity index is 3.15. The molecule has 2 atom stereocenters. The van der Waals surface area contributed by atoms with Crippen LogP contribution in [0, 0.1) is 12.8 Å². The van der Waals surface area contributed by atoms with E-state index in [1.54, 1.807) is 47.8 Å². The van der Waals surface area contributed by atoms with Gasteiger partial charge < -0.3 is 14.6 Å². The van der Waals surface area contributed by atoms with E-state index in [1.807, 2.05) is 19.1 Å². The van der Waals surface area contributed by atoms with Crippen molar-refractivity contribution < 1.29 is 19.4 Å². The van der Waals surface area contributed by atoms with Crippen LogP contribution < -0.4 is 4.74 Å². The summed E-state index contributed by atoms with van der Waals surface area (Å²) < 4.78 is 10.7. The molecule has 4 heteroatoms. The fourth-order valence-electron chi connectivity index (χ4n) is 2.07. The molecular weight excluding hydrogens is 268 g/mol. The summed E-state index contributed by atoms with van der Waals surface area (Å²) in [5, 5.41) is 10.9. The van der Waals surface area contributed by atoms with Gasteiger partial charge in [0.25, 0.3) is 0 Å². The van der Waals surface area contributed by atoms with Crippen LogP contribution in [0.25, 0.3) is 0 Å². The van der Waals surface area contributed by atoms with E-state index < -0.39 is 23.1 Å². The van der Waals surface area contributed by atoms with Crippen LogP contribution in [-0.2, 0) is 15.1 Å². The third-order valence-electron chi connectivity index (χ3n) is 3.50. The van der Waals surface area contributed by atoms with Crippen molar-refractivity contribution in [3.05, 3.63) is 29.3 Å². The number of carbonyl (C=O) groups is 1. The monoisotopic (exact) mass is 294 g/mol. The number of hydrogen-bond donors (Lipinski definition) is 1. The number of methoxy groups -OCH3 is 1. The molecule has 1 N–H and O–H groups in total. The minimum atomic E-state index is -1.38. The Hall–Kier alpha value is -1.55. The molecule has 0 saturated carbocycles. The van der Waals surface area contributed by atoms with Crippen LogP contribution in [0.15, 0.2) is 18.2 Å². The van der Waals surface area contributed by atoms with Crippen LogP contribution >= 0.6 is 0 Å². The molecular formula is C17H26O4. The fraction of sp³-hybridized carbons (Fsp3) is 0.588. The molecule has 21 heavy (non-hydrogen) atoms. The summed E-state index contributed by atoms with van der Waals surface area (Å²) in [5.41, 5.74) is -0.386. The lowest BCUT2D eigenvalue weighted by atomic mass is 9.82. The lowest BCUT2D eigenvalue weighted by Crippen LogP contribution is -2.39. The average Bonchev–Trinajstić information content (AvgIpc) is 2.35. The zero-order valence-electron chi connectivity index (χ0n) is 14.0. The number of ether oxygens (including phenoxy) is 2. The number of benzene rings is 1. The molecule has 118 valence electrons. The highest BCUT2D eigenvalue weighted by Gasteiger charge is 2.39. The van der Waals surface area contributed by atoms with Gasteiger partial charge in [-0.05, 0) is 53.7 Å². The van der Waals surface area contributed by atoms with Crippen LogP contribution in [0.5, 0.6) is 5.75 Å². The summed E-state index contributed by atoms with van der Waals surface area (Å²) in [6.07, 6.45) is 0. The summed E-state index contributed by atoms with van der Waals surface area (Å²) in [7, 11) is 1.54. The molecule has 0 aliphatic rings. The number of carbonyl (C=O) groups excluding carboxylic acids is 1. The van der Waals surface area contributed by atoms with Gasteiger partial charge in [-0.15, -0.1) is 0 Å². The van der Waals surface area contributed by atoms with Crippen LogP contribution in [-0.4, -0.2) is 23.8 Å². The standard InChI is InChI=1S/C17H26O4/c1-11-8-9-14(20-7)13(10-11)17(6,19)12(2)15(18)21-16(3,4)5/h8-10,12,19H,1-7H3. The normalized spacial score (nSPS) is 16.0. The molecule has 2 unspecified atom stereocenters. The molecule has 1 aromatic rings. The number of esters is 1. The second-order valence-corrected chi connectivity index (χ2v) is 6.61. The molecule has 1 rings (SSSR count). The van der Waals surface area contributed by atoms with Gasteiger partial charge in [0.05, 0.1) is 13.0 Å². The molecule has 0 radical (unpaired) electrons. The van der Waals surface area contributed by atoms with Gasteiger partial charge in [-0.2, -0.15) is 0 Å². The zero-order valence-corrected chi connectivity index (χ0v) is 14.0. The van der Waals surface area contributed by atoms with Crippen molar-refractivity contribution in [1.29, 1.82) is 0 Å². The maximum absolute atomic E-state index is 12.2. The predicted octanol–water partition coefficient (Wildman–Crippen LogP) is 3.19. The van der Waals surface area contributed by atoms with Crippen LogP contribution in [0.1, 0.15) is 45.7 Å². The second kappa shape index (κ2) is 6.06. The lowest BCUT2D eigenvalue weighted by Gasteiger charge is -2.32. The van der Waals surface area contributed by atoms with Gasteiger partial charge in [0.1, 0.15) is 17.0 Å². The van der Waals surface area contributed by atoms with E-state index in [4.69, 9.17) is 9.47 Å². The molecule has 0 aliphatic carbocycles. The molecule has 0 heterocycles. The van der Waals surface area contributed by atoms with Crippen LogP contribution in [0.4, 0.5) is 0 Å². The number of aliphatic hydroxyl groups is 1. The maximum atomic E-state index is 12.2. The molecule has 4 nitrogen and oxygen atoms in total. The van der Waals surface area contributed by atoms with Gasteiger partial charge in [-0.25, -0.2) is 0 Å². The Morgan fingerprint density at radius 3 is 2.29 bits per heavy atom. The van der Waals surface area contributed by atoms with Crippen molar-refractivity contribution in [3.8, 4) is 5.75 Å². The Bertz CT molecular complexity index is 512. The van der Waals surface area contributed by atoms with E-state index in [0.717, 1.165) is 5.56 Å². The van der Waals surface area contributed by atoms with E-state index in [9.17, 15) is 9.90 Å². The third-order valence-corrected chi connectivity index (χ3v) is 3.50. The molecule has 0 spiro atoms. The van der Waals surface area contributed by atoms with Gasteiger partial charge in [-0.3, -0.25) is 4.79 Å². The summed E-state index contributed by atoms with van der Waals surface area (Å²) >= 11 is 0. The minimum Gasteiger partial charge on any atom is -0.496 e. The first-order valence-corrected chi connectivity index (χ1v) is 7.09. The Kier molecular flexibility index (Phi) is 5.05. The van der Waals surface area contributed by atoms with E-state index in [2.05, 4.69) is 0 Å². The van der Waals surface area contributed by atoms with Gasteiger partial charge in [-0.1, -0.05) is 11.6 Å². The summed E-state index contributed by atoms with van der Waals surface area (Å²) in [6.45, 7) is 10.6. The number of rotatable bonds is 4. The summed E-state index contributed by atoms with van der Waals surface area (Å²) in [5.74, 6) is -0.593. The predicted molar refractivity (Wildman–Crippen MR) is 82.3 cm³/mol. The highest BCUT2D eigenvalue weighted by Crippen LogP contribution is 2.37. The SMILES string of the molecule is COc1ccc(C)cc1C(C)(O)C(C)C(=O)OC(C)(C)C. The quantitative estimate of drug-likeness (QED) is 0.866. The Labute approximate surface area is 127 Å². The van der Waals surface area contributed by atoms with Crippen LogP contribution in [0.3, 0.4) is 0 Å². The highest BCUT2D eigenvalue weighted by molar-refractivity contribution is 5.74. The van der Waals surface area contributed by atoms with Gasteiger partial charge >= 0.3 is 5.97 Å². The van der Waals surface area contributed by atoms with E-state index >= 15 is 0 Å². The number of hydrogen-bond acceptors (Lipinski definition) is 4. The first-order valence-electron chi connectivity index (χ1n) is 7.09. The van der Waals surface area contributed by atoms with Crippen molar-refractivity contribution in [3.63, 3.8) is 0 Å². The molecule has 1 aromatic carbocycles. The summed E-state index contributed by atoms with van der Waals surface area (Å²) in [6, 6.07) is 5.53. The van der Waals surface area contributed by atoms with Gasteiger partial charge in [0.2, 0.25) is 0 Å². The summed E-state index contributed by atoms with van der Waals surface area (Å²) in [4.78, 5) is 12.2. The Morgan fingerprint density at radius 1 is 1.24 bits per heavy atom. The van der Waals surface area contributed by atoms with Gasteiger partial charge in [0.15, 0.2) is 0 Å². The van der Waals surface area contributed by atoms with Crippen molar-refractivity contribution in [2.75, 3.05) is 7.11 Å². The lowest BCUT2D eigenvalue weighted by molar-refractivity contribution is -0.168. The molecule has 0 aromatic heterocycles. The zero-order chi connectivity index (χ0) is 16.4. The van der Waals surface area contributed by atoms with Crippen LogP contribution in [0.2, 0.25) is 0 Å². The smallest absolute Gasteiger partial charge is 0.312 e. The second-order valence-electron chi connectivity index (χ2n) is 6.61. The highest BCUT2D eigenvalue weighted by atomic mass is 16.6. The van der Waals surface area contributed by atoms with E-state index in [-0.39, 0.29) is 0 Å². The largest absolute Gasteiger partial charge is 0.496 e. The van der Waals surface area contributed by atoms with Crippen molar-refractivity contribution in [2.24, 2.45) is 5.92 Å². The molecule has 0 bridgehead atoms. The van der Waals surface area contributed by atoms with Crippen molar-refractivity contribution >= 4 is 5.97 Å².